The van der Waals surface area contributed by atoms with Gasteiger partial charge in [0.2, 0.25) is 0 Å². The topological polar surface area (TPSA) is 141 Å². The molecule has 4 atom stereocenters. The summed E-state index contributed by atoms with van der Waals surface area (Å²) in [5, 5.41) is 0. The Kier molecular flexibility index (Phi) is 6.92. The van der Waals surface area contributed by atoms with E-state index in [1.165, 1.54) is 33.4 Å². The van der Waals surface area contributed by atoms with E-state index in [1.807, 2.05) is 12.1 Å². The SMILES string of the molecule is COc1ccc(-c2ncnc3c2ncn3C2O[C@@H](COC(C)=O)[C@@H](OC(C)=O)[C@@H]2OC(C)=O)cc1. The largest absolute Gasteiger partial charge is 0.497 e. The van der Waals surface area contributed by atoms with Gasteiger partial charge in [0.1, 0.15) is 36.0 Å². The van der Waals surface area contributed by atoms with Crippen LogP contribution in [0.3, 0.4) is 0 Å². The molecule has 2 aromatic heterocycles. The summed E-state index contributed by atoms with van der Waals surface area (Å²) < 4.78 is 28.9. The van der Waals surface area contributed by atoms with Gasteiger partial charge in [-0.25, -0.2) is 15.0 Å². The maximum atomic E-state index is 11.9. The number of esters is 3. The molecule has 0 saturated carbocycles. The van der Waals surface area contributed by atoms with Crippen LogP contribution < -0.4 is 4.74 Å². The van der Waals surface area contributed by atoms with Crippen LogP contribution in [0.1, 0.15) is 27.0 Å². The Morgan fingerprint density at radius 2 is 1.63 bits per heavy atom. The average Bonchev–Trinajstić information content (AvgIpc) is 3.38. The standard InChI is InChI=1S/C23H24N4O8/c1-12(28)32-9-17-20(33-13(2)29)21(34-14(3)30)23(35-17)27-11-26-19-18(24-10-25-22(19)27)15-5-7-16(31-4)8-6-15/h5-8,10-11,17,20-21,23H,9H2,1-4H3/t17-,20+,21-,23?/m0/s1. The number of aromatic nitrogens is 4. The lowest BCUT2D eigenvalue weighted by Gasteiger charge is -2.23. The smallest absolute Gasteiger partial charge is 0.303 e. The minimum absolute atomic E-state index is 0.208. The van der Waals surface area contributed by atoms with Gasteiger partial charge in [0.25, 0.3) is 0 Å². The van der Waals surface area contributed by atoms with Crippen LogP contribution in [0.2, 0.25) is 0 Å². The van der Waals surface area contributed by atoms with Crippen molar-refractivity contribution in [2.45, 2.75) is 45.3 Å². The molecule has 12 heteroatoms. The number of hydrogen-bond donors (Lipinski definition) is 0. The van der Waals surface area contributed by atoms with Crippen molar-refractivity contribution in [2.24, 2.45) is 0 Å². The van der Waals surface area contributed by atoms with Crippen molar-refractivity contribution in [1.29, 1.82) is 0 Å². The highest BCUT2D eigenvalue weighted by Gasteiger charge is 2.51. The van der Waals surface area contributed by atoms with Gasteiger partial charge in [-0.05, 0) is 24.3 Å². The fraction of sp³-hybridized carbons (Fsp3) is 0.391. The Morgan fingerprint density at radius 1 is 0.943 bits per heavy atom. The summed E-state index contributed by atoms with van der Waals surface area (Å²) in [7, 11) is 1.58. The van der Waals surface area contributed by atoms with Gasteiger partial charge in [-0.1, -0.05) is 0 Å². The van der Waals surface area contributed by atoms with E-state index in [2.05, 4.69) is 15.0 Å². The molecule has 0 aliphatic carbocycles. The van der Waals surface area contributed by atoms with Crippen LogP contribution in [-0.4, -0.2) is 69.5 Å². The average molecular weight is 484 g/mol. The number of hydrogen-bond acceptors (Lipinski definition) is 11. The zero-order valence-corrected chi connectivity index (χ0v) is 19.5. The molecule has 12 nitrogen and oxygen atoms in total. The van der Waals surface area contributed by atoms with Gasteiger partial charge in [0.15, 0.2) is 24.1 Å². The van der Waals surface area contributed by atoms with Crippen LogP contribution in [-0.2, 0) is 33.3 Å². The zero-order valence-electron chi connectivity index (χ0n) is 19.5. The van der Waals surface area contributed by atoms with Crippen LogP contribution >= 0.6 is 0 Å². The Bertz CT molecular complexity index is 1240. The normalized spacial score (nSPS) is 21.5. The van der Waals surface area contributed by atoms with E-state index in [0.717, 1.165) is 5.56 Å². The molecule has 35 heavy (non-hydrogen) atoms. The number of nitrogens with zero attached hydrogens (tertiary/aromatic N) is 4. The number of carbonyl (C=O) groups excluding carboxylic acids is 3. The van der Waals surface area contributed by atoms with Crippen LogP contribution in [0.15, 0.2) is 36.9 Å². The van der Waals surface area contributed by atoms with E-state index in [9.17, 15) is 14.4 Å². The molecule has 184 valence electrons. The second-order valence-electron chi connectivity index (χ2n) is 7.79. The fourth-order valence-corrected chi connectivity index (χ4v) is 3.92. The van der Waals surface area contributed by atoms with Crippen molar-refractivity contribution < 1.29 is 38.1 Å². The van der Waals surface area contributed by atoms with Crippen molar-refractivity contribution >= 4 is 29.1 Å². The van der Waals surface area contributed by atoms with Gasteiger partial charge >= 0.3 is 17.9 Å². The third kappa shape index (κ3) is 5.06. The highest BCUT2D eigenvalue weighted by molar-refractivity contribution is 5.87. The van der Waals surface area contributed by atoms with E-state index < -0.39 is 42.4 Å². The summed E-state index contributed by atoms with van der Waals surface area (Å²) in [6.45, 7) is 3.50. The maximum absolute atomic E-state index is 11.9. The summed E-state index contributed by atoms with van der Waals surface area (Å²) in [6.07, 6.45) is -1.07. The predicted molar refractivity (Wildman–Crippen MR) is 119 cm³/mol. The summed E-state index contributed by atoms with van der Waals surface area (Å²) in [4.78, 5) is 48.3. The molecule has 1 fully saturated rings. The first-order chi connectivity index (χ1) is 16.8. The highest BCUT2D eigenvalue weighted by Crippen LogP contribution is 2.37. The second kappa shape index (κ2) is 10.1. The predicted octanol–water partition coefficient (Wildman–Crippen LogP) is 1.83. The molecule has 3 heterocycles. The number of fused-ring (bicyclic) bond motifs is 1. The molecule has 1 saturated heterocycles. The monoisotopic (exact) mass is 484 g/mol. The third-order valence-electron chi connectivity index (χ3n) is 5.34. The van der Waals surface area contributed by atoms with Crippen LogP contribution in [0.4, 0.5) is 0 Å². The molecule has 0 amide bonds. The Balaban J connectivity index is 1.75. The molecule has 1 aliphatic rings. The van der Waals surface area contributed by atoms with Crippen molar-refractivity contribution in [1.82, 2.24) is 19.5 Å². The van der Waals surface area contributed by atoms with Crippen LogP contribution in [0.25, 0.3) is 22.4 Å². The molecule has 0 N–H and O–H groups in total. The maximum Gasteiger partial charge on any atom is 0.303 e. The number of ether oxygens (including phenoxy) is 5. The van der Waals surface area contributed by atoms with Gasteiger partial charge in [-0.15, -0.1) is 0 Å². The summed E-state index contributed by atoms with van der Waals surface area (Å²) in [5.41, 5.74) is 2.25. The lowest BCUT2D eigenvalue weighted by Crippen LogP contribution is -2.40. The third-order valence-corrected chi connectivity index (χ3v) is 5.34. The van der Waals surface area contributed by atoms with Gasteiger partial charge in [0.05, 0.1) is 13.4 Å². The molecule has 0 radical (unpaired) electrons. The first-order valence-corrected chi connectivity index (χ1v) is 10.7. The molecule has 0 bridgehead atoms. The van der Waals surface area contributed by atoms with E-state index in [1.54, 1.807) is 23.8 Å². The first-order valence-electron chi connectivity index (χ1n) is 10.7. The first kappa shape index (κ1) is 24.1. The quantitative estimate of drug-likeness (QED) is 0.358. The van der Waals surface area contributed by atoms with Gasteiger partial charge in [-0.2, -0.15) is 0 Å². The van der Waals surface area contributed by atoms with Gasteiger partial charge < -0.3 is 23.7 Å². The summed E-state index contributed by atoms with van der Waals surface area (Å²) in [6, 6.07) is 7.30. The molecule has 0 spiro atoms. The number of imidazole rings is 1. The van der Waals surface area contributed by atoms with Gasteiger partial charge in [0, 0.05) is 26.3 Å². The van der Waals surface area contributed by atoms with E-state index in [4.69, 9.17) is 23.7 Å². The molecular weight excluding hydrogens is 460 g/mol. The van der Waals surface area contributed by atoms with E-state index in [0.29, 0.717) is 22.6 Å². The minimum Gasteiger partial charge on any atom is -0.497 e. The zero-order chi connectivity index (χ0) is 25.1. The van der Waals surface area contributed by atoms with E-state index >= 15 is 0 Å². The summed E-state index contributed by atoms with van der Waals surface area (Å²) in [5.74, 6) is -1.05. The van der Waals surface area contributed by atoms with Crippen molar-refractivity contribution in [2.75, 3.05) is 13.7 Å². The lowest BCUT2D eigenvalue weighted by atomic mass is 10.1. The highest BCUT2D eigenvalue weighted by atomic mass is 16.7. The molecule has 1 unspecified atom stereocenters. The molecule has 1 aromatic carbocycles. The van der Waals surface area contributed by atoms with Gasteiger partial charge in [-0.3, -0.25) is 19.0 Å². The molecular formula is C23H24N4O8. The number of rotatable bonds is 7. The number of methoxy groups -OCH3 is 1. The Morgan fingerprint density at radius 3 is 2.26 bits per heavy atom. The number of carbonyl (C=O) groups is 3. The van der Waals surface area contributed by atoms with Crippen LogP contribution in [0, 0.1) is 0 Å². The minimum atomic E-state index is -1.05. The van der Waals surface area contributed by atoms with Crippen molar-refractivity contribution in [3.63, 3.8) is 0 Å². The lowest BCUT2D eigenvalue weighted by molar-refractivity contribution is -0.166. The van der Waals surface area contributed by atoms with Crippen LogP contribution in [0.5, 0.6) is 5.75 Å². The molecule has 1 aliphatic heterocycles. The van der Waals surface area contributed by atoms with Crippen molar-refractivity contribution in [3.8, 4) is 17.0 Å². The Hall–Kier alpha value is -4.06. The molecule has 3 aromatic rings. The van der Waals surface area contributed by atoms with Crippen molar-refractivity contribution in [3.05, 3.63) is 36.9 Å². The molecule has 4 rings (SSSR count). The van der Waals surface area contributed by atoms with E-state index in [-0.39, 0.29) is 6.61 Å². The second-order valence-corrected chi connectivity index (χ2v) is 7.79. The summed E-state index contributed by atoms with van der Waals surface area (Å²) >= 11 is 0. The number of benzene rings is 1. The Labute approximate surface area is 200 Å². The fourth-order valence-electron chi connectivity index (χ4n) is 3.92.